The predicted molar refractivity (Wildman–Crippen MR) is 67.8 cm³/mol. The number of hydrogen-bond acceptors (Lipinski definition) is 4. The zero-order valence-electron chi connectivity index (χ0n) is 11.0. The smallest absolute Gasteiger partial charge is 0.311 e. The van der Waals surface area contributed by atoms with Gasteiger partial charge < -0.3 is 4.74 Å². The molecule has 1 rings (SSSR count). The fourth-order valence-electron chi connectivity index (χ4n) is 1.25. The summed E-state index contributed by atoms with van der Waals surface area (Å²) in [6, 6.07) is 4.66. The molecule has 0 fully saturated rings. The number of aryl methyl sites for hydroxylation is 1. The van der Waals surface area contributed by atoms with E-state index in [2.05, 4.69) is 0 Å². The van der Waals surface area contributed by atoms with Crippen LogP contribution >= 0.6 is 0 Å². The van der Waals surface area contributed by atoms with E-state index in [-0.39, 0.29) is 23.8 Å². The minimum absolute atomic E-state index is 0.0997. The van der Waals surface area contributed by atoms with Crippen LogP contribution in [0.15, 0.2) is 18.2 Å². The van der Waals surface area contributed by atoms with Gasteiger partial charge in [0, 0.05) is 11.5 Å². The van der Waals surface area contributed by atoms with Crippen molar-refractivity contribution < 1.29 is 14.5 Å². The van der Waals surface area contributed by atoms with Gasteiger partial charge >= 0.3 is 5.69 Å². The Morgan fingerprint density at radius 3 is 2.50 bits per heavy atom. The maximum Gasteiger partial charge on any atom is 0.311 e. The van der Waals surface area contributed by atoms with E-state index in [1.807, 2.05) is 0 Å². The molecule has 0 heterocycles. The number of nitro groups is 1. The maximum atomic E-state index is 11.7. The molecule has 18 heavy (non-hydrogen) atoms. The fourth-order valence-corrected chi connectivity index (χ4v) is 1.25. The van der Waals surface area contributed by atoms with Gasteiger partial charge in [-0.15, -0.1) is 0 Å². The lowest BCUT2D eigenvalue weighted by Crippen LogP contribution is -2.26. The van der Waals surface area contributed by atoms with Crippen molar-refractivity contribution in [3.8, 4) is 5.75 Å². The summed E-state index contributed by atoms with van der Waals surface area (Å²) in [7, 11) is 0. The lowest BCUT2D eigenvalue weighted by Gasteiger charge is -2.16. The van der Waals surface area contributed by atoms with Gasteiger partial charge in [0.15, 0.2) is 11.5 Å². The molecule has 0 aliphatic carbocycles. The molecule has 5 heteroatoms. The zero-order chi connectivity index (χ0) is 13.9. The number of rotatable bonds is 4. The number of carbonyl (C=O) groups excluding carboxylic acids is 1. The van der Waals surface area contributed by atoms with Crippen molar-refractivity contribution >= 4 is 11.5 Å². The van der Waals surface area contributed by atoms with Crippen LogP contribution < -0.4 is 4.74 Å². The van der Waals surface area contributed by atoms with Gasteiger partial charge in [0.05, 0.1) is 4.92 Å². The molecule has 0 saturated heterocycles. The Hall–Kier alpha value is -1.91. The van der Waals surface area contributed by atoms with Crippen molar-refractivity contribution in [3.05, 3.63) is 33.9 Å². The molecule has 0 unspecified atom stereocenters. The van der Waals surface area contributed by atoms with E-state index < -0.39 is 10.3 Å². The van der Waals surface area contributed by atoms with E-state index in [1.54, 1.807) is 33.8 Å². The van der Waals surface area contributed by atoms with Crippen LogP contribution in [0.5, 0.6) is 5.75 Å². The van der Waals surface area contributed by atoms with Gasteiger partial charge in [0.2, 0.25) is 0 Å². The van der Waals surface area contributed by atoms with Crippen LogP contribution in [0.3, 0.4) is 0 Å². The number of carbonyl (C=O) groups is 1. The molecule has 0 N–H and O–H groups in total. The molecule has 0 bridgehead atoms. The second kappa shape index (κ2) is 5.16. The molecule has 5 nitrogen and oxygen atoms in total. The van der Waals surface area contributed by atoms with Crippen LogP contribution in [0.4, 0.5) is 5.69 Å². The molecule has 0 aliphatic heterocycles. The van der Waals surface area contributed by atoms with E-state index in [4.69, 9.17) is 4.74 Å². The molecule has 1 aromatic carbocycles. The second-order valence-electron chi connectivity index (χ2n) is 5.19. The number of ketones is 1. The van der Waals surface area contributed by atoms with Gasteiger partial charge in [-0.3, -0.25) is 14.9 Å². The van der Waals surface area contributed by atoms with Crippen LogP contribution in [-0.2, 0) is 4.79 Å². The topological polar surface area (TPSA) is 69.4 Å². The minimum Gasteiger partial charge on any atom is -0.479 e. The first kappa shape index (κ1) is 14.2. The summed E-state index contributed by atoms with van der Waals surface area (Å²) in [4.78, 5) is 22.0. The van der Waals surface area contributed by atoms with E-state index in [0.29, 0.717) is 0 Å². The molecule has 0 aliphatic rings. The molecule has 0 saturated carbocycles. The Balaban J connectivity index is 2.86. The van der Waals surface area contributed by atoms with Crippen molar-refractivity contribution in [1.82, 2.24) is 0 Å². The summed E-state index contributed by atoms with van der Waals surface area (Å²) in [5.74, 6) is 0.0283. The molecule has 98 valence electrons. The molecule has 1 aromatic rings. The van der Waals surface area contributed by atoms with Crippen molar-refractivity contribution in [1.29, 1.82) is 0 Å². The van der Waals surface area contributed by atoms with Gasteiger partial charge in [0.25, 0.3) is 0 Å². The van der Waals surface area contributed by atoms with Crippen LogP contribution in [0.2, 0.25) is 0 Å². The van der Waals surface area contributed by atoms with Gasteiger partial charge in [-0.2, -0.15) is 0 Å². The third-order valence-corrected chi connectivity index (χ3v) is 2.51. The van der Waals surface area contributed by atoms with Gasteiger partial charge in [-0.25, -0.2) is 0 Å². The molecule has 0 aromatic heterocycles. The van der Waals surface area contributed by atoms with Crippen LogP contribution in [0.1, 0.15) is 26.3 Å². The highest BCUT2D eigenvalue weighted by Crippen LogP contribution is 2.28. The van der Waals surface area contributed by atoms with Crippen LogP contribution in [-0.4, -0.2) is 17.3 Å². The summed E-state index contributed by atoms with van der Waals surface area (Å²) in [5, 5.41) is 10.9. The molecule has 0 radical (unpaired) electrons. The first-order valence-corrected chi connectivity index (χ1v) is 5.63. The van der Waals surface area contributed by atoms with E-state index >= 15 is 0 Å². The molecule has 0 amide bonds. The van der Waals surface area contributed by atoms with Gasteiger partial charge in [-0.05, 0) is 18.6 Å². The summed E-state index contributed by atoms with van der Waals surface area (Å²) >= 11 is 0. The number of nitrogens with zero attached hydrogens (tertiary/aromatic N) is 1. The average Bonchev–Trinajstić information content (AvgIpc) is 2.25. The van der Waals surface area contributed by atoms with Crippen LogP contribution in [0, 0.1) is 22.5 Å². The Morgan fingerprint density at radius 2 is 2.00 bits per heavy atom. The number of nitro benzene ring substituents is 1. The highest BCUT2D eigenvalue weighted by molar-refractivity contribution is 5.85. The van der Waals surface area contributed by atoms with Gasteiger partial charge in [0.1, 0.15) is 6.61 Å². The van der Waals surface area contributed by atoms with E-state index in [0.717, 1.165) is 5.56 Å². The SMILES string of the molecule is Cc1ccc(OCC(=O)C(C)(C)C)c([N+](=O)[O-])c1. The number of hydrogen-bond donors (Lipinski definition) is 0. The molecule has 0 spiro atoms. The summed E-state index contributed by atoms with van der Waals surface area (Å²) in [5.41, 5.74) is 0.146. The largest absolute Gasteiger partial charge is 0.479 e. The van der Waals surface area contributed by atoms with Crippen molar-refractivity contribution in [2.24, 2.45) is 5.41 Å². The third-order valence-electron chi connectivity index (χ3n) is 2.51. The molecular formula is C13H17NO4. The Kier molecular flexibility index (Phi) is 4.06. The first-order chi connectivity index (χ1) is 8.21. The standard InChI is InChI=1S/C13H17NO4/c1-9-5-6-11(10(7-9)14(16)17)18-8-12(15)13(2,3)4/h5-7H,8H2,1-4H3. The fraction of sp³-hybridized carbons (Fsp3) is 0.462. The van der Waals surface area contributed by atoms with Gasteiger partial charge in [-0.1, -0.05) is 26.8 Å². The number of Topliss-reactive ketones (excluding diaryl/α,β-unsaturated/α-hetero) is 1. The van der Waals surface area contributed by atoms with E-state index in [1.165, 1.54) is 12.1 Å². The Morgan fingerprint density at radius 1 is 1.39 bits per heavy atom. The molecular weight excluding hydrogens is 234 g/mol. The number of benzene rings is 1. The average molecular weight is 251 g/mol. The van der Waals surface area contributed by atoms with Crippen LogP contribution in [0.25, 0.3) is 0 Å². The molecule has 0 atom stereocenters. The quantitative estimate of drug-likeness (QED) is 0.609. The third kappa shape index (κ3) is 3.55. The normalized spacial score (nSPS) is 11.1. The highest BCUT2D eigenvalue weighted by Gasteiger charge is 2.23. The van der Waals surface area contributed by atoms with Crippen molar-refractivity contribution in [3.63, 3.8) is 0 Å². The highest BCUT2D eigenvalue weighted by atomic mass is 16.6. The van der Waals surface area contributed by atoms with Crippen molar-refractivity contribution in [2.75, 3.05) is 6.61 Å². The maximum absolute atomic E-state index is 11.7. The first-order valence-electron chi connectivity index (χ1n) is 5.63. The minimum atomic E-state index is -0.514. The number of ether oxygens (including phenoxy) is 1. The van der Waals surface area contributed by atoms with E-state index in [9.17, 15) is 14.9 Å². The Bertz CT molecular complexity index is 474. The van der Waals surface area contributed by atoms with Crippen molar-refractivity contribution in [2.45, 2.75) is 27.7 Å². The Labute approximate surface area is 106 Å². The zero-order valence-corrected chi connectivity index (χ0v) is 11.0. The predicted octanol–water partition coefficient (Wildman–Crippen LogP) is 2.90. The lowest BCUT2D eigenvalue weighted by molar-refractivity contribution is -0.385. The summed E-state index contributed by atoms with van der Waals surface area (Å²) in [6.45, 7) is 6.94. The monoisotopic (exact) mass is 251 g/mol. The summed E-state index contributed by atoms with van der Waals surface area (Å²) < 4.78 is 5.25. The lowest BCUT2D eigenvalue weighted by atomic mass is 9.91. The summed E-state index contributed by atoms with van der Waals surface area (Å²) in [6.07, 6.45) is 0. The second-order valence-corrected chi connectivity index (χ2v) is 5.19.